The summed E-state index contributed by atoms with van der Waals surface area (Å²) in [6, 6.07) is 0.731. The van der Waals surface area contributed by atoms with Crippen molar-refractivity contribution in [3.63, 3.8) is 0 Å². The van der Waals surface area contributed by atoms with E-state index in [2.05, 4.69) is 45.3 Å². The lowest BCUT2D eigenvalue weighted by molar-refractivity contribution is 0.0193. The van der Waals surface area contributed by atoms with Crippen molar-refractivity contribution in [1.82, 2.24) is 4.90 Å². The molecule has 2 heteroatoms. The van der Waals surface area contributed by atoms with Crippen LogP contribution in [0.3, 0.4) is 0 Å². The zero-order valence-electron chi connectivity index (χ0n) is 7.26. The first-order chi connectivity index (χ1) is 4.43. The molecular weight excluding hydrogens is 142 g/mol. The Morgan fingerprint density at radius 2 is 1.90 bits per heavy atom. The fourth-order valence-electron chi connectivity index (χ4n) is 1.57. The summed E-state index contributed by atoms with van der Waals surface area (Å²) in [5.74, 6) is 0. The number of hydrogen-bond donors (Lipinski definition) is 1. The number of hydrogen-bond acceptors (Lipinski definition) is 2. The first-order valence-electron chi connectivity index (χ1n) is 3.83. The van der Waals surface area contributed by atoms with E-state index in [0.29, 0.717) is 10.8 Å². The molecule has 0 saturated carbocycles. The lowest BCUT2D eigenvalue weighted by atomic mass is 9.79. The minimum Gasteiger partial charge on any atom is -0.291 e. The zero-order chi connectivity index (χ0) is 7.94. The molecule has 10 heavy (non-hydrogen) atoms. The molecule has 1 aliphatic rings. The Kier molecular flexibility index (Phi) is 2.03. The second-order valence-corrected chi connectivity index (χ2v) is 4.86. The van der Waals surface area contributed by atoms with Crippen LogP contribution in [0.15, 0.2) is 0 Å². The molecule has 2 unspecified atom stereocenters. The molecule has 1 nitrogen and oxygen atoms in total. The van der Waals surface area contributed by atoms with Crippen molar-refractivity contribution < 1.29 is 0 Å². The van der Waals surface area contributed by atoms with Gasteiger partial charge >= 0.3 is 0 Å². The molecule has 1 heterocycles. The van der Waals surface area contributed by atoms with Gasteiger partial charge < -0.3 is 0 Å². The average molecular weight is 159 g/mol. The Morgan fingerprint density at radius 3 is 2.00 bits per heavy atom. The molecule has 1 saturated heterocycles. The van der Waals surface area contributed by atoms with Crippen molar-refractivity contribution in [2.24, 2.45) is 5.41 Å². The quantitative estimate of drug-likeness (QED) is 0.529. The molecule has 60 valence electrons. The van der Waals surface area contributed by atoms with E-state index >= 15 is 0 Å². The van der Waals surface area contributed by atoms with Gasteiger partial charge in [0.2, 0.25) is 0 Å². The second kappa shape index (κ2) is 2.42. The van der Waals surface area contributed by atoms with E-state index in [0.717, 1.165) is 6.04 Å². The molecule has 0 spiro atoms. The van der Waals surface area contributed by atoms with Gasteiger partial charge in [0.1, 0.15) is 0 Å². The fraction of sp³-hybridized carbons (Fsp3) is 1.00. The predicted octanol–water partition coefficient (Wildman–Crippen LogP) is 1.99. The van der Waals surface area contributed by atoms with E-state index in [1.165, 1.54) is 6.42 Å². The lowest BCUT2D eigenvalue weighted by Gasteiger charge is -2.50. The highest BCUT2D eigenvalue weighted by molar-refractivity contribution is 7.80. The zero-order valence-corrected chi connectivity index (χ0v) is 8.15. The Hall–Kier alpha value is 0.310. The van der Waals surface area contributed by atoms with Crippen LogP contribution in [0, 0.1) is 5.41 Å². The topological polar surface area (TPSA) is 3.24 Å². The molecule has 0 aromatic heterocycles. The van der Waals surface area contributed by atoms with Crippen molar-refractivity contribution in [2.45, 2.75) is 38.6 Å². The van der Waals surface area contributed by atoms with Crippen molar-refractivity contribution >= 4 is 12.6 Å². The number of nitrogens with zero attached hydrogens (tertiary/aromatic N) is 1. The standard InChI is InChI=1S/C8H17NS/c1-8(2,3)6-5-7(10)9(6)4/h6-7,10H,5H2,1-4H3. The van der Waals surface area contributed by atoms with Gasteiger partial charge in [-0.3, -0.25) is 4.90 Å². The van der Waals surface area contributed by atoms with E-state index in [1.807, 2.05) is 0 Å². The van der Waals surface area contributed by atoms with Gasteiger partial charge in [0, 0.05) is 6.04 Å². The van der Waals surface area contributed by atoms with Gasteiger partial charge in [0.25, 0.3) is 0 Å². The summed E-state index contributed by atoms with van der Waals surface area (Å²) in [5, 5.41) is 0.504. The largest absolute Gasteiger partial charge is 0.291 e. The normalized spacial score (nSPS) is 35.7. The average Bonchev–Trinajstić information content (AvgIpc) is 1.79. The van der Waals surface area contributed by atoms with Crippen LogP contribution < -0.4 is 0 Å². The van der Waals surface area contributed by atoms with Crippen molar-refractivity contribution in [2.75, 3.05) is 7.05 Å². The monoisotopic (exact) mass is 159 g/mol. The molecule has 0 aromatic rings. The molecule has 2 atom stereocenters. The lowest BCUT2D eigenvalue weighted by Crippen LogP contribution is -2.56. The third-order valence-electron chi connectivity index (χ3n) is 2.40. The third kappa shape index (κ3) is 1.32. The van der Waals surface area contributed by atoms with E-state index in [9.17, 15) is 0 Å². The van der Waals surface area contributed by atoms with Gasteiger partial charge in [-0.15, -0.1) is 0 Å². The summed E-state index contributed by atoms with van der Waals surface area (Å²) < 4.78 is 0. The Morgan fingerprint density at radius 1 is 1.40 bits per heavy atom. The van der Waals surface area contributed by atoms with E-state index in [4.69, 9.17) is 0 Å². The van der Waals surface area contributed by atoms with Crippen LogP contribution in [0.1, 0.15) is 27.2 Å². The maximum Gasteiger partial charge on any atom is 0.0542 e. The summed E-state index contributed by atoms with van der Waals surface area (Å²) in [6.45, 7) is 6.86. The van der Waals surface area contributed by atoms with Crippen LogP contribution in [0.25, 0.3) is 0 Å². The Bertz CT molecular complexity index is 128. The molecule has 1 fully saturated rings. The molecular formula is C8H17NS. The van der Waals surface area contributed by atoms with Crippen LogP contribution in [-0.4, -0.2) is 23.4 Å². The van der Waals surface area contributed by atoms with Crippen molar-refractivity contribution in [1.29, 1.82) is 0 Å². The Balaban J connectivity index is 2.48. The molecule has 0 N–H and O–H groups in total. The highest BCUT2D eigenvalue weighted by atomic mass is 32.1. The van der Waals surface area contributed by atoms with Gasteiger partial charge in [0.15, 0.2) is 0 Å². The smallest absolute Gasteiger partial charge is 0.0542 e. The first-order valence-corrected chi connectivity index (χ1v) is 4.34. The predicted molar refractivity (Wildman–Crippen MR) is 48.4 cm³/mol. The highest BCUT2D eigenvalue weighted by Crippen LogP contribution is 2.37. The molecule has 0 aliphatic carbocycles. The molecule has 0 bridgehead atoms. The van der Waals surface area contributed by atoms with E-state index in [1.54, 1.807) is 0 Å². The van der Waals surface area contributed by atoms with Crippen LogP contribution in [0.4, 0.5) is 0 Å². The second-order valence-electron chi connectivity index (χ2n) is 4.26. The maximum absolute atomic E-state index is 4.40. The van der Waals surface area contributed by atoms with Gasteiger partial charge in [-0.1, -0.05) is 20.8 Å². The van der Waals surface area contributed by atoms with Crippen LogP contribution in [0.2, 0.25) is 0 Å². The van der Waals surface area contributed by atoms with Gasteiger partial charge in [0.05, 0.1) is 5.37 Å². The summed E-state index contributed by atoms with van der Waals surface area (Å²) in [5.41, 5.74) is 0.425. The van der Waals surface area contributed by atoms with Crippen molar-refractivity contribution in [3.05, 3.63) is 0 Å². The molecule has 0 radical (unpaired) electrons. The first kappa shape index (κ1) is 8.41. The summed E-state index contributed by atoms with van der Waals surface area (Å²) in [6.07, 6.45) is 1.24. The van der Waals surface area contributed by atoms with Crippen LogP contribution >= 0.6 is 12.6 Å². The summed E-state index contributed by atoms with van der Waals surface area (Å²) in [4.78, 5) is 2.34. The number of thiol groups is 1. The minimum atomic E-state index is 0.425. The third-order valence-corrected chi connectivity index (χ3v) is 2.97. The summed E-state index contributed by atoms with van der Waals surface area (Å²) >= 11 is 4.40. The highest BCUT2D eigenvalue weighted by Gasteiger charge is 2.40. The number of rotatable bonds is 0. The minimum absolute atomic E-state index is 0.425. The van der Waals surface area contributed by atoms with Gasteiger partial charge in [-0.05, 0) is 18.9 Å². The maximum atomic E-state index is 4.40. The molecule has 0 aromatic carbocycles. The van der Waals surface area contributed by atoms with Crippen molar-refractivity contribution in [3.8, 4) is 0 Å². The number of likely N-dealkylation sites (tertiary alicyclic amines) is 1. The van der Waals surface area contributed by atoms with Gasteiger partial charge in [-0.25, -0.2) is 0 Å². The van der Waals surface area contributed by atoms with E-state index < -0.39 is 0 Å². The Labute approximate surface area is 69.2 Å². The fourth-order valence-corrected chi connectivity index (χ4v) is 1.93. The molecule has 1 rings (SSSR count). The van der Waals surface area contributed by atoms with Gasteiger partial charge in [-0.2, -0.15) is 12.6 Å². The van der Waals surface area contributed by atoms with E-state index in [-0.39, 0.29) is 0 Å². The van der Waals surface area contributed by atoms with Crippen LogP contribution in [-0.2, 0) is 0 Å². The summed E-state index contributed by atoms with van der Waals surface area (Å²) in [7, 11) is 2.15. The molecule has 1 aliphatic heterocycles. The molecule has 0 amide bonds. The van der Waals surface area contributed by atoms with Crippen LogP contribution in [0.5, 0.6) is 0 Å². The SMILES string of the molecule is CN1C(S)CC1C(C)(C)C.